The molecule has 0 saturated carbocycles. The van der Waals surface area contributed by atoms with E-state index in [2.05, 4.69) is 0 Å². The molecule has 0 radical (unpaired) electrons. The van der Waals surface area contributed by atoms with Crippen molar-refractivity contribution in [3.8, 4) is 5.75 Å². The van der Waals surface area contributed by atoms with Crippen LogP contribution in [0.5, 0.6) is 5.75 Å². The van der Waals surface area contributed by atoms with Crippen molar-refractivity contribution < 1.29 is 23.8 Å². The lowest BCUT2D eigenvalue weighted by Gasteiger charge is -2.28. The van der Waals surface area contributed by atoms with Gasteiger partial charge in [0.2, 0.25) is 0 Å². The Labute approximate surface area is 137 Å². The highest BCUT2D eigenvalue weighted by Gasteiger charge is 2.36. The quantitative estimate of drug-likeness (QED) is 0.397. The molecular formula is C18H26O5. The molecule has 1 aromatic carbocycles. The van der Waals surface area contributed by atoms with Crippen molar-refractivity contribution >= 4 is 11.9 Å². The molecule has 2 atom stereocenters. The second-order valence-electron chi connectivity index (χ2n) is 5.88. The highest BCUT2D eigenvalue weighted by atomic mass is 16.6. The van der Waals surface area contributed by atoms with Gasteiger partial charge in [-0.25, -0.2) is 0 Å². The first-order valence-electron chi connectivity index (χ1n) is 7.86. The molecule has 128 valence electrons. The number of esters is 2. The van der Waals surface area contributed by atoms with Crippen LogP contribution >= 0.6 is 0 Å². The fourth-order valence-corrected chi connectivity index (χ4v) is 2.23. The average molecular weight is 322 g/mol. The predicted molar refractivity (Wildman–Crippen MR) is 87.1 cm³/mol. The van der Waals surface area contributed by atoms with Gasteiger partial charge in [0, 0.05) is 7.11 Å². The summed E-state index contributed by atoms with van der Waals surface area (Å²) in [5.74, 6) is -0.558. The minimum atomic E-state index is -0.719. The molecule has 0 aliphatic heterocycles. The van der Waals surface area contributed by atoms with Gasteiger partial charge in [-0.2, -0.15) is 0 Å². The van der Waals surface area contributed by atoms with Gasteiger partial charge >= 0.3 is 11.9 Å². The molecule has 0 spiro atoms. The summed E-state index contributed by atoms with van der Waals surface area (Å²) in [6.45, 7) is 6.06. The van der Waals surface area contributed by atoms with Gasteiger partial charge in [-0.3, -0.25) is 9.59 Å². The van der Waals surface area contributed by atoms with E-state index in [0.29, 0.717) is 25.2 Å². The molecule has 1 rings (SSSR count). The monoisotopic (exact) mass is 322 g/mol. The Morgan fingerprint density at radius 1 is 1.17 bits per heavy atom. The maximum absolute atomic E-state index is 12.3. The highest BCUT2D eigenvalue weighted by Crippen LogP contribution is 2.32. The molecule has 5 heteroatoms. The number of para-hydroxylation sites is 1. The molecule has 0 aromatic heterocycles. The number of ether oxygens (including phenoxy) is 3. The third-order valence-corrected chi connectivity index (χ3v) is 3.91. The summed E-state index contributed by atoms with van der Waals surface area (Å²) in [5.41, 5.74) is -0.719. The van der Waals surface area contributed by atoms with Crippen LogP contribution in [0.4, 0.5) is 0 Å². The minimum absolute atomic E-state index is 0.216. The molecule has 5 nitrogen and oxygen atoms in total. The lowest BCUT2D eigenvalue weighted by Crippen LogP contribution is -2.34. The van der Waals surface area contributed by atoms with Crippen molar-refractivity contribution in [1.82, 2.24) is 0 Å². The molecular weight excluding hydrogens is 296 g/mol. The molecule has 0 bridgehead atoms. The molecule has 0 N–H and O–H groups in total. The van der Waals surface area contributed by atoms with Gasteiger partial charge in [-0.1, -0.05) is 32.0 Å². The summed E-state index contributed by atoms with van der Waals surface area (Å²) in [6.07, 6.45) is 0.961. The number of carbonyl (C=O) groups excluding carboxylic acids is 2. The van der Waals surface area contributed by atoms with Crippen LogP contribution < -0.4 is 4.74 Å². The Kier molecular flexibility index (Phi) is 7.75. The molecule has 0 aliphatic carbocycles. The van der Waals surface area contributed by atoms with Gasteiger partial charge in [0.15, 0.2) is 0 Å². The van der Waals surface area contributed by atoms with Gasteiger partial charge < -0.3 is 14.2 Å². The Bertz CT molecular complexity index is 499. The molecule has 0 saturated heterocycles. The van der Waals surface area contributed by atoms with Crippen molar-refractivity contribution in [3.63, 3.8) is 0 Å². The summed E-state index contributed by atoms with van der Waals surface area (Å²) in [7, 11) is 1.55. The first-order chi connectivity index (χ1) is 10.9. The lowest BCUT2D eigenvalue weighted by atomic mass is 9.79. The third-order valence-electron chi connectivity index (χ3n) is 3.91. The van der Waals surface area contributed by atoms with Gasteiger partial charge in [0.05, 0.1) is 17.9 Å². The van der Waals surface area contributed by atoms with Crippen LogP contribution in [-0.2, 0) is 19.1 Å². The van der Waals surface area contributed by atoms with E-state index in [4.69, 9.17) is 14.2 Å². The summed E-state index contributed by atoms with van der Waals surface area (Å²) >= 11 is 0. The van der Waals surface area contributed by atoms with Crippen LogP contribution in [0, 0.1) is 11.3 Å². The van der Waals surface area contributed by atoms with E-state index in [1.807, 2.05) is 19.9 Å². The first-order valence-corrected chi connectivity index (χ1v) is 7.86. The minimum Gasteiger partial charge on any atom is -0.463 e. The Morgan fingerprint density at radius 2 is 1.83 bits per heavy atom. The van der Waals surface area contributed by atoms with E-state index < -0.39 is 11.3 Å². The van der Waals surface area contributed by atoms with Crippen LogP contribution in [0.15, 0.2) is 30.3 Å². The van der Waals surface area contributed by atoms with E-state index in [1.165, 1.54) is 0 Å². The summed E-state index contributed by atoms with van der Waals surface area (Å²) in [4.78, 5) is 24.5. The number of rotatable bonds is 9. The fourth-order valence-electron chi connectivity index (χ4n) is 2.23. The molecule has 2 unspecified atom stereocenters. The second-order valence-corrected chi connectivity index (χ2v) is 5.88. The van der Waals surface area contributed by atoms with E-state index in [0.717, 1.165) is 0 Å². The molecule has 0 fully saturated rings. The second kappa shape index (κ2) is 9.30. The normalized spacial score (nSPS) is 14.6. The topological polar surface area (TPSA) is 61.8 Å². The SMILES string of the molecule is CCC(C)(CC(C)C(=O)Oc1ccccc1)C(=O)OCCOC. The summed E-state index contributed by atoms with van der Waals surface area (Å²) in [5, 5.41) is 0. The van der Waals surface area contributed by atoms with Crippen molar-refractivity contribution in [1.29, 1.82) is 0 Å². The van der Waals surface area contributed by atoms with Gasteiger partial charge in [-0.05, 0) is 31.9 Å². The van der Waals surface area contributed by atoms with E-state index in [1.54, 1.807) is 38.3 Å². The van der Waals surface area contributed by atoms with Crippen molar-refractivity contribution in [2.75, 3.05) is 20.3 Å². The average Bonchev–Trinajstić information content (AvgIpc) is 2.55. The van der Waals surface area contributed by atoms with Crippen LogP contribution in [0.1, 0.15) is 33.6 Å². The zero-order valence-electron chi connectivity index (χ0n) is 14.3. The van der Waals surface area contributed by atoms with E-state index in [9.17, 15) is 9.59 Å². The zero-order chi connectivity index (χ0) is 17.3. The summed E-state index contributed by atoms with van der Waals surface area (Å²) < 4.78 is 15.4. The Hall–Kier alpha value is -1.88. The zero-order valence-corrected chi connectivity index (χ0v) is 14.3. The van der Waals surface area contributed by atoms with Crippen molar-refractivity contribution in [3.05, 3.63) is 30.3 Å². The Morgan fingerprint density at radius 3 is 2.39 bits per heavy atom. The predicted octanol–water partition coefficient (Wildman–Crippen LogP) is 3.22. The van der Waals surface area contributed by atoms with Crippen LogP contribution in [0.2, 0.25) is 0 Å². The molecule has 0 heterocycles. The van der Waals surface area contributed by atoms with Gasteiger partial charge in [0.1, 0.15) is 12.4 Å². The standard InChI is InChI=1S/C18H26O5/c1-5-18(3,17(20)22-12-11-21-4)13-14(2)16(19)23-15-9-7-6-8-10-15/h6-10,14H,5,11-13H2,1-4H3. The molecule has 0 amide bonds. The number of methoxy groups -OCH3 is 1. The molecule has 23 heavy (non-hydrogen) atoms. The van der Waals surface area contributed by atoms with E-state index >= 15 is 0 Å². The van der Waals surface area contributed by atoms with Crippen molar-refractivity contribution in [2.24, 2.45) is 11.3 Å². The number of hydrogen-bond donors (Lipinski definition) is 0. The maximum atomic E-state index is 12.3. The van der Waals surface area contributed by atoms with Crippen LogP contribution in [-0.4, -0.2) is 32.3 Å². The summed E-state index contributed by atoms with van der Waals surface area (Å²) in [6, 6.07) is 8.91. The number of hydrogen-bond acceptors (Lipinski definition) is 5. The Balaban J connectivity index is 2.61. The number of benzene rings is 1. The maximum Gasteiger partial charge on any atom is 0.314 e. The number of carbonyl (C=O) groups is 2. The smallest absolute Gasteiger partial charge is 0.314 e. The molecule has 1 aromatic rings. The van der Waals surface area contributed by atoms with Crippen LogP contribution in [0.25, 0.3) is 0 Å². The van der Waals surface area contributed by atoms with Gasteiger partial charge in [0.25, 0.3) is 0 Å². The first kappa shape index (κ1) is 19.2. The fraction of sp³-hybridized carbons (Fsp3) is 0.556. The third kappa shape index (κ3) is 6.02. The largest absolute Gasteiger partial charge is 0.463 e. The van der Waals surface area contributed by atoms with Crippen molar-refractivity contribution in [2.45, 2.75) is 33.6 Å². The van der Waals surface area contributed by atoms with E-state index in [-0.39, 0.29) is 18.5 Å². The lowest BCUT2D eigenvalue weighted by molar-refractivity contribution is -0.158. The highest BCUT2D eigenvalue weighted by molar-refractivity contribution is 5.79. The molecule has 0 aliphatic rings. The van der Waals surface area contributed by atoms with Crippen LogP contribution in [0.3, 0.4) is 0 Å². The van der Waals surface area contributed by atoms with Gasteiger partial charge in [-0.15, -0.1) is 0 Å².